The largest absolute Gasteiger partial charge is 0.462 e. The number of ether oxygens (including phenoxy) is 1. The van der Waals surface area contributed by atoms with Crippen molar-refractivity contribution in [2.24, 2.45) is 0 Å². The second-order valence-corrected chi connectivity index (χ2v) is 2.21. The van der Waals surface area contributed by atoms with Crippen molar-refractivity contribution < 1.29 is 19.7 Å². The number of halogens is 1. The maximum absolute atomic E-state index is 10.4. The van der Waals surface area contributed by atoms with E-state index in [2.05, 4.69) is 20.7 Å². The zero-order valence-corrected chi connectivity index (χ0v) is 6.87. The molecule has 4 nitrogen and oxygen atoms in total. The molecule has 0 aromatic carbocycles. The lowest BCUT2D eigenvalue weighted by atomic mass is 10.4. The van der Waals surface area contributed by atoms with Gasteiger partial charge in [-0.05, 0) is 0 Å². The van der Waals surface area contributed by atoms with Crippen LogP contribution in [-0.4, -0.2) is 40.8 Å². The van der Waals surface area contributed by atoms with Crippen LogP contribution in [0.1, 0.15) is 0 Å². The van der Waals surface area contributed by atoms with Gasteiger partial charge in [-0.1, -0.05) is 15.9 Å². The molecule has 1 atom stereocenters. The number of rotatable bonds is 4. The van der Waals surface area contributed by atoms with Crippen LogP contribution in [0.5, 0.6) is 0 Å². The molecule has 0 aliphatic heterocycles. The van der Waals surface area contributed by atoms with Crippen LogP contribution in [0, 0.1) is 0 Å². The Labute approximate surface area is 66.9 Å². The summed E-state index contributed by atoms with van der Waals surface area (Å²) in [6.07, 6.45) is -0.969. The van der Waals surface area contributed by atoms with E-state index in [0.717, 1.165) is 0 Å². The minimum absolute atomic E-state index is 0.102. The maximum atomic E-state index is 10.4. The van der Waals surface area contributed by atoms with Crippen LogP contribution >= 0.6 is 15.9 Å². The number of hydrogen-bond donors (Lipinski definition) is 2. The van der Waals surface area contributed by atoms with E-state index in [-0.39, 0.29) is 11.9 Å². The third-order valence-corrected chi connectivity index (χ3v) is 1.21. The molecule has 0 saturated heterocycles. The predicted molar refractivity (Wildman–Crippen MR) is 37.8 cm³/mol. The average Bonchev–Trinajstić information content (AvgIpc) is 1.99. The lowest BCUT2D eigenvalue weighted by Gasteiger charge is -2.06. The molecule has 0 aliphatic rings. The first-order chi connectivity index (χ1) is 4.70. The summed E-state index contributed by atoms with van der Waals surface area (Å²) < 4.78 is 4.45. The van der Waals surface area contributed by atoms with Crippen molar-refractivity contribution in [1.29, 1.82) is 0 Å². The Morgan fingerprint density at radius 2 is 2.30 bits per heavy atom. The first kappa shape index (κ1) is 9.87. The summed E-state index contributed by atoms with van der Waals surface area (Å²) in [4.78, 5) is 10.4. The highest BCUT2D eigenvalue weighted by Crippen LogP contribution is 1.88. The quantitative estimate of drug-likeness (QED) is 0.477. The number of esters is 1. The smallest absolute Gasteiger partial charge is 0.316 e. The van der Waals surface area contributed by atoms with E-state index in [0.29, 0.717) is 0 Å². The topological polar surface area (TPSA) is 66.8 Å². The van der Waals surface area contributed by atoms with E-state index in [1.165, 1.54) is 0 Å². The average molecular weight is 213 g/mol. The molecule has 5 heteroatoms. The van der Waals surface area contributed by atoms with Gasteiger partial charge in [0, 0.05) is 0 Å². The molecule has 10 heavy (non-hydrogen) atoms. The maximum Gasteiger partial charge on any atom is 0.316 e. The number of carbonyl (C=O) groups excluding carboxylic acids is 1. The highest BCUT2D eigenvalue weighted by Gasteiger charge is 2.05. The zero-order chi connectivity index (χ0) is 7.98. The van der Waals surface area contributed by atoms with Crippen molar-refractivity contribution in [3.63, 3.8) is 0 Å². The second kappa shape index (κ2) is 5.64. The zero-order valence-electron chi connectivity index (χ0n) is 5.29. The number of alkyl halides is 1. The summed E-state index contributed by atoms with van der Waals surface area (Å²) in [7, 11) is 0. The van der Waals surface area contributed by atoms with Gasteiger partial charge in [0.25, 0.3) is 0 Å². The molecule has 0 amide bonds. The lowest BCUT2D eigenvalue weighted by Crippen LogP contribution is -2.22. The van der Waals surface area contributed by atoms with Gasteiger partial charge in [-0.2, -0.15) is 0 Å². The summed E-state index contributed by atoms with van der Waals surface area (Å²) in [6, 6.07) is 0. The molecule has 0 radical (unpaired) electrons. The fourth-order valence-corrected chi connectivity index (χ4v) is 0.442. The molecule has 0 fully saturated rings. The van der Waals surface area contributed by atoms with E-state index < -0.39 is 18.7 Å². The van der Waals surface area contributed by atoms with Gasteiger partial charge in [-0.15, -0.1) is 0 Å². The van der Waals surface area contributed by atoms with Crippen molar-refractivity contribution in [3.05, 3.63) is 0 Å². The first-order valence-corrected chi connectivity index (χ1v) is 3.83. The van der Waals surface area contributed by atoms with Gasteiger partial charge in [0.1, 0.15) is 18.0 Å². The van der Waals surface area contributed by atoms with E-state index in [9.17, 15) is 4.79 Å². The van der Waals surface area contributed by atoms with Gasteiger partial charge in [0.2, 0.25) is 0 Å². The van der Waals surface area contributed by atoms with Crippen LogP contribution in [0.25, 0.3) is 0 Å². The normalized spacial score (nSPS) is 12.7. The fraction of sp³-hybridized carbons (Fsp3) is 0.800. The Hall–Kier alpha value is -0.130. The number of aliphatic hydroxyl groups excluding tert-OH is 2. The highest BCUT2D eigenvalue weighted by molar-refractivity contribution is 9.09. The molecular weight excluding hydrogens is 204 g/mol. The molecule has 60 valence electrons. The van der Waals surface area contributed by atoms with Crippen molar-refractivity contribution in [3.8, 4) is 0 Å². The van der Waals surface area contributed by atoms with Gasteiger partial charge in [-0.3, -0.25) is 4.79 Å². The van der Waals surface area contributed by atoms with E-state index in [1.807, 2.05) is 0 Å². The van der Waals surface area contributed by atoms with Gasteiger partial charge in [0.05, 0.1) is 6.61 Å². The highest BCUT2D eigenvalue weighted by atomic mass is 79.9. The third kappa shape index (κ3) is 4.72. The SMILES string of the molecule is O=C(CBr)OCC(O)CO. The summed E-state index contributed by atoms with van der Waals surface area (Å²) >= 11 is 2.87. The van der Waals surface area contributed by atoms with Crippen LogP contribution in [0.4, 0.5) is 0 Å². The van der Waals surface area contributed by atoms with Gasteiger partial charge in [0.15, 0.2) is 0 Å². The minimum Gasteiger partial charge on any atom is -0.462 e. The molecule has 0 aromatic rings. The minimum atomic E-state index is -0.969. The Kier molecular flexibility index (Phi) is 5.57. The van der Waals surface area contributed by atoms with Crippen LogP contribution in [0.2, 0.25) is 0 Å². The Morgan fingerprint density at radius 1 is 1.70 bits per heavy atom. The molecule has 0 aromatic heterocycles. The molecule has 1 unspecified atom stereocenters. The van der Waals surface area contributed by atoms with Crippen LogP contribution in [0.15, 0.2) is 0 Å². The van der Waals surface area contributed by atoms with E-state index in [4.69, 9.17) is 10.2 Å². The van der Waals surface area contributed by atoms with Crippen LogP contribution in [-0.2, 0) is 9.53 Å². The van der Waals surface area contributed by atoms with Crippen molar-refractivity contribution in [2.45, 2.75) is 6.10 Å². The van der Waals surface area contributed by atoms with Gasteiger partial charge in [-0.25, -0.2) is 0 Å². The van der Waals surface area contributed by atoms with Crippen LogP contribution < -0.4 is 0 Å². The Balaban J connectivity index is 3.26. The molecule has 2 N–H and O–H groups in total. The number of aliphatic hydroxyl groups is 2. The Morgan fingerprint density at radius 3 is 2.70 bits per heavy atom. The second-order valence-electron chi connectivity index (χ2n) is 1.65. The van der Waals surface area contributed by atoms with Gasteiger partial charge < -0.3 is 14.9 Å². The molecule has 0 saturated carbocycles. The Bertz CT molecular complexity index is 106. The first-order valence-electron chi connectivity index (χ1n) is 2.71. The molecule has 0 heterocycles. The van der Waals surface area contributed by atoms with Gasteiger partial charge >= 0.3 is 5.97 Å². The van der Waals surface area contributed by atoms with E-state index in [1.54, 1.807) is 0 Å². The summed E-state index contributed by atoms with van der Waals surface area (Å²) in [5.74, 6) is -0.451. The molecular formula is C5H9BrO4. The van der Waals surface area contributed by atoms with Crippen molar-refractivity contribution >= 4 is 21.9 Å². The van der Waals surface area contributed by atoms with Crippen molar-refractivity contribution in [1.82, 2.24) is 0 Å². The van der Waals surface area contributed by atoms with Crippen molar-refractivity contribution in [2.75, 3.05) is 18.5 Å². The lowest BCUT2D eigenvalue weighted by molar-refractivity contribution is -0.143. The molecule has 0 spiro atoms. The summed E-state index contributed by atoms with van der Waals surface area (Å²) in [5.41, 5.74) is 0. The molecule has 0 rings (SSSR count). The molecule has 0 aliphatic carbocycles. The predicted octanol–water partition coefficient (Wildman–Crippen LogP) is -0.722. The summed E-state index contributed by atoms with van der Waals surface area (Å²) in [6.45, 7) is -0.545. The summed E-state index contributed by atoms with van der Waals surface area (Å²) in [5, 5.41) is 17.0. The molecule has 0 bridgehead atoms. The van der Waals surface area contributed by atoms with Crippen LogP contribution in [0.3, 0.4) is 0 Å². The van der Waals surface area contributed by atoms with E-state index >= 15 is 0 Å². The standard InChI is InChI=1S/C5H9BrO4/c6-1-5(9)10-3-4(8)2-7/h4,7-8H,1-3H2. The number of hydrogen-bond acceptors (Lipinski definition) is 4. The number of carbonyl (C=O) groups is 1. The fourth-order valence-electron chi connectivity index (χ4n) is 0.280. The third-order valence-electron chi connectivity index (χ3n) is 0.757. The monoisotopic (exact) mass is 212 g/mol.